The van der Waals surface area contributed by atoms with Gasteiger partial charge in [0.05, 0.1) is 11.4 Å². The molecule has 0 saturated heterocycles. The van der Waals surface area contributed by atoms with E-state index >= 15 is 0 Å². The number of hydrogen-bond donors (Lipinski definition) is 1. The van der Waals surface area contributed by atoms with E-state index in [1.54, 1.807) is 35.0 Å². The molecule has 2 aromatic heterocycles. The van der Waals surface area contributed by atoms with Gasteiger partial charge in [-0.15, -0.1) is 11.3 Å². The van der Waals surface area contributed by atoms with Gasteiger partial charge in [0.1, 0.15) is 18.2 Å². The van der Waals surface area contributed by atoms with Crippen LogP contribution in [-0.4, -0.2) is 22.5 Å². The first-order chi connectivity index (χ1) is 16.4. The number of nitrogens with zero attached hydrogens (tertiary/aromatic N) is 2. The topological polar surface area (TPSA) is 74.6 Å². The molecule has 7 nitrogen and oxygen atoms in total. The highest BCUT2D eigenvalue weighted by molar-refractivity contribution is 7.12. The SMILES string of the molecule is Cc1cc(NC(=O)c2cc(COc3ccc4c(c3)OCO4)cs2)nn1Cc1ccc(F)cc1Cl. The van der Waals surface area contributed by atoms with Gasteiger partial charge in [-0.25, -0.2) is 4.39 Å². The fraction of sp³-hybridized carbons (Fsp3) is 0.167. The Morgan fingerprint density at radius 1 is 1.21 bits per heavy atom. The average Bonchev–Trinajstić information content (AvgIpc) is 3.54. The van der Waals surface area contributed by atoms with Crippen LogP contribution in [0.25, 0.3) is 0 Å². The van der Waals surface area contributed by atoms with Gasteiger partial charge in [0.15, 0.2) is 17.3 Å². The molecular weight excluding hydrogens is 481 g/mol. The number of carbonyl (C=O) groups excluding carboxylic acids is 1. The molecule has 0 unspecified atom stereocenters. The van der Waals surface area contributed by atoms with E-state index < -0.39 is 5.82 Å². The van der Waals surface area contributed by atoms with Gasteiger partial charge in [0.25, 0.3) is 5.91 Å². The van der Waals surface area contributed by atoms with Crippen LogP contribution in [0.5, 0.6) is 17.2 Å². The van der Waals surface area contributed by atoms with Crippen LogP contribution >= 0.6 is 22.9 Å². The maximum atomic E-state index is 13.3. The number of benzene rings is 2. The highest BCUT2D eigenvalue weighted by Crippen LogP contribution is 2.35. The molecule has 1 amide bonds. The number of anilines is 1. The summed E-state index contributed by atoms with van der Waals surface area (Å²) in [6.45, 7) is 2.76. The summed E-state index contributed by atoms with van der Waals surface area (Å²) in [5, 5.41) is 9.46. The molecule has 1 aliphatic rings. The van der Waals surface area contributed by atoms with Crippen LogP contribution in [0.15, 0.2) is 53.9 Å². The number of amides is 1. The summed E-state index contributed by atoms with van der Waals surface area (Å²) in [5.74, 6) is 1.77. The average molecular weight is 500 g/mol. The quantitative estimate of drug-likeness (QED) is 0.355. The second-order valence-electron chi connectivity index (χ2n) is 7.64. The van der Waals surface area contributed by atoms with Crippen LogP contribution in [0.1, 0.15) is 26.5 Å². The van der Waals surface area contributed by atoms with E-state index in [9.17, 15) is 9.18 Å². The van der Waals surface area contributed by atoms with Crippen LogP contribution < -0.4 is 19.5 Å². The van der Waals surface area contributed by atoms with Gasteiger partial charge >= 0.3 is 0 Å². The minimum atomic E-state index is -0.393. The smallest absolute Gasteiger partial charge is 0.266 e. The van der Waals surface area contributed by atoms with Gasteiger partial charge in [-0.2, -0.15) is 5.10 Å². The molecule has 0 bridgehead atoms. The van der Waals surface area contributed by atoms with Gasteiger partial charge < -0.3 is 19.5 Å². The number of hydrogen-bond acceptors (Lipinski definition) is 6. The predicted molar refractivity (Wildman–Crippen MR) is 127 cm³/mol. The van der Waals surface area contributed by atoms with Crippen molar-refractivity contribution in [2.45, 2.75) is 20.1 Å². The number of thiophene rings is 1. The fourth-order valence-electron chi connectivity index (χ4n) is 3.42. The Balaban J connectivity index is 1.20. The highest BCUT2D eigenvalue weighted by atomic mass is 35.5. The monoisotopic (exact) mass is 499 g/mol. The Labute approximate surface area is 203 Å². The van der Waals surface area contributed by atoms with Crippen molar-refractivity contribution in [3.63, 3.8) is 0 Å². The van der Waals surface area contributed by atoms with Crippen LogP contribution in [0.4, 0.5) is 10.2 Å². The fourth-order valence-corrected chi connectivity index (χ4v) is 4.44. The molecule has 34 heavy (non-hydrogen) atoms. The summed E-state index contributed by atoms with van der Waals surface area (Å²) in [6.07, 6.45) is 0. The lowest BCUT2D eigenvalue weighted by Gasteiger charge is -2.06. The van der Waals surface area contributed by atoms with E-state index in [4.69, 9.17) is 25.8 Å². The number of fused-ring (bicyclic) bond motifs is 1. The van der Waals surface area contributed by atoms with E-state index in [1.807, 2.05) is 18.4 Å². The van der Waals surface area contributed by atoms with Gasteiger partial charge in [-0.3, -0.25) is 9.48 Å². The zero-order valence-electron chi connectivity index (χ0n) is 18.0. The largest absolute Gasteiger partial charge is 0.489 e. The zero-order valence-corrected chi connectivity index (χ0v) is 19.6. The van der Waals surface area contributed by atoms with Gasteiger partial charge in [-0.05, 0) is 48.2 Å². The molecule has 0 saturated carbocycles. The molecule has 3 heterocycles. The Morgan fingerprint density at radius 2 is 2.06 bits per heavy atom. The Hall–Kier alpha value is -3.56. The zero-order chi connectivity index (χ0) is 23.7. The van der Waals surface area contributed by atoms with Crippen LogP contribution in [0, 0.1) is 12.7 Å². The molecule has 0 aliphatic carbocycles. The normalized spacial score (nSPS) is 12.1. The minimum Gasteiger partial charge on any atom is -0.489 e. The number of ether oxygens (including phenoxy) is 3. The summed E-state index contributed by atoms with van der Waals surface area (Å²) < 4.78 is 31.5. The first-order valence-corrected chi connectivity index (χ1v) is 11.6. The molecule has 0 spiro atoms. The predicted octanol–water partition coefficient (Wildman–Crippen LogP) is 5.65. The van der Waals surface area contributed by atoms with Crippen molar-refractivity contribution >= 4 is 34.7 Å². The molecule has 1 aliphatic heterocycles. The molecule has 1 N–H and O–H groups in total. The lowest BCUT2D eigenvalue weighted by Crippen LogP contribution is -2.11. The van der Waals surface area contributed by atoms with E-state index in [1.165, 1.54) is 23.5 Å². The number of halogens is 2. The molecular formula is C24H19ClFN3O4S. The van der Waals surface area contributed by atoms with Gasteiger partial charge in [-0.1, -0.05) is 17.7 Å². The van der Waals surface area contributed by atoms with Gasteiger partial charge in [0.2, 0.25) is 6.79 Å². The first-order valence-electron chi connectivity index (χ1n) is 10.3. The van der Waals surface area contributed by atoms with E-state index in [2.05, 4.69) is 10.4 Å². The molecule has 0 fully saturated rings. The third-order valence-corrected chi connectivity index (χ3v) is 6.51. The summed E-state index contributed by atoms with van der Waals surface area (Å²) >= 11 is 7.45. The van der Waals surface area contributed by atoms with Crippen LogP contribution in [0.3, 0.4) is 0 Å². The number of aryl methyl sites for hydroxylation is 1. The molecule has 0 atom stereocenters. The van der Waals surface area contributed by atoms with Crippen molar-refractivity contribution in [3.05, 3.63) is 86.4 Å². The van der Waals surface area contributed by atoms with Crippen LogP contribution in [-0.2, 0) is 13.2 Å². The lowest BCUT2D eigenvalue weighted by atomic mass is 10.2. The second-order valence-corrected chi connectivity index (χ2v) is 8.96. The van der Waals surface area contributed by atoms with Crippen LogP contribution in [0.2, 0.25) is 5.02 Å². The third kappa shape index (κ3) is 4.85. The van der Waals surface area contributed by atoms with Gasteiger partial charge in [0, 0.05) is 28.4 Å². The Kier molecular flexibility index (Phi) is 6.12. The second kappa shape index (κ2) is 9.36. The maximum absolute atomic E-state index is 13.3. The summed E-state index contributed by atoms with van der Waals surface area (Å²) in [5.41, 5.74) is 2.44. The van der Waals surface area contributed by atoms with Crippen molar-refractivity contribution in [3.8, 4) is 17.2 Å². The molecule has 174 valence electrons. The molecule has 4 aromatic rings. The number of carbonyl (C=O) groups is 1. The molecule has 5 rings (SSSR count). The van der Waals surface area contributed by atoms with Crippen molar-refractivity contribution in [1.29, 1.82) is 0 Å². The standard InChI is InChI=1S/C24H19ClFN3O4S/c1-14-6-23(28-29(14)10-16-2-3-17(26)8-19(16)25)27-24(30)22-7-15(12-34-22)11-31-18-4-5-20-21(9-18)33-13-32-20/h2-9,12H,10-11,13H2,1H3,(H,27,28,30). The Bertz CT molecular complexity index is 1370. The summed E-state index contributed by atoms with van der Waals surface area (Å²) in [7, 11) is 0. The third-order valence-electron chi connectivity index (χ3n) is 5.19. The Morgan fingerprint density at radius 3 is 2.91 bits per heavy atom. The number of rotatable bonds is 7. The van der Waals surface area contributed by atoms with E-state index in [0.29, 0.717) is 46.1 Å². The lowest BCUT2D eigenvalue weighted by molar-refractivity contribution is 0.103. The molecule has 0 radical (unpaired) electrons. The number of nitrogens with one attached hydrogen (secondary N) is 1. The summed E-state index contributed by atoms with van der Waals surface area (Å²) in [6, 6.07) is 13.2. The maximum Gasteiger partial charge on any atom is 0.266 e. The minimum absolute atomic E-state index is 0.208. The number of aromatic nitrogens is 2. The van der Waals surface area contributed by atoms with E-state index in [0.717, 1.165) is 16.8 Å². The van der Waals surface area contributed by atoms with Crippen molar-refractivity contribution < 1.29 is 23.4 Å². The first kappa shape index (κ1) is 22.2. The van der Waals surface area contributed by atoms with Crippen molar-refractivity contribution in [2.75, 3.05) is 12.1 Å². The summed E-state index contributed by atoms with van der Waals surface area (Å²) in [4.78, 5) is 13.3. The molecule has 2 aromatic carbocycles. The van der Waals surface area contributed by atoms with Crippen molar-refractivity contribution in [1.82, 2.24) is 9.78 Å². The van der Waals surface area contributed by atoms with Crippen molar-refractivity contribution in [2.24, 2.45) is 0 Å². The molecule has 10 heteroatoms. The highest BCUT2D eigenvalue weighted by Gasteiger charge is 2.16. The van der Waals surface area contributed by atoms with E-state index in [-0.39, 0.29) is 12.7 Å².